The van der Waals surface area contributed by atoms with E-state index in [0.29, 0.717) is 28.1 Å². The predicted octanol–water partition coefficient (Wildman–Crippen LogP) is 2.42. The van der Waals surface area contributed by atoms with Crippen molar-refractivity contribution in [1.82, 2.24) is 14.8 Å². The highest BCUT2D eigenvalue weighted by molar-refractivity contribution is 7.91. The first-order valence-electron chi connectivity index (χ1n) is 12.1. The van der Waals surface area contributed by atoms with E-state index in [4.69, 9.17) is 21.5 Å². The van der Waals surface area contributed by atoms with Crippen LogP contribution in [0.3, 0.4) is 0 Å². The van der Waals surface area contributed by atoms with E-state index in [9.17, 15) is 26.4 Å². The van der Waals surface area contributed by atoms with Crippen molar-refractivity contribution in [3.8, 4) is 5.75 Å². The number of thiazole rings is 1. The highest BCUT2D eigenvalue weighted by atomic mass is 35.5. The molecule has 2 heterocycles. The Morgan fingerprint density at radius 3 is 2.45 bits per heavy atom. The fourth-order valence-corrected chi connectivity index (χ4v) is 7.20. The average Bonchev–Trinajstić information content (AvgIpc) is 3.28. The number of sulfone groups is 1. The van der Waals surface area contributed by atoms with Crippen LogP contribution in [0, 0.1) is 0 Å². The van der Waals surface area contributed by atoms with Crippen molar-refractivity contribution < 1.29 is 30.6 Å². The third-order valence-corrected chi connectivity index (χ3v) is 9.85. The number of hydrogen-bond donors (Lipinski definition) is 1. The van der Waals surface area contributed by atoms with Crippen LogP contribution in [0.25, 0.3) is 10.2 Å². The van der Waals surface area contributed by atoms with Gasteiger partial charge in [-0.2, -0.15) is 8.42 Å². The monoisotopic (exact) mass is 629 g/mol. The minimum absolute atomic E-state index is 0.0210. The highest BCUT2D eigenvalue weighted by Crippen LogP contribution is 2.33. The second-order valence-corrected chi connectivity index (χ2v) is 14.5. The molecular weight excluding hydrogens is 602 g/mol. The number of likely N-dealkylation sites (N-methyl/N-ethyl adjacent to an activating group) is 1. The second kappa shape index (κ2) is 12.0. The fraction of sp³-hybridized carbons (Fsp3) is 0.375. The molecule has 0 spiro atoms. The van der Waals surface area contributed by atoms with Crippen molar-refractivity contribution >= 4 is 70.2 Å². The summed E-state index contributed by atoms with van der Waals surface area (Å²) in [6.45, 7) is 4.40. The zero-order valence-corrected chi connectivity index (χ0v) is 24.9. The van der Waals surface area contributed by atoms with E-state index in [1.165, 1.54) is 30.3 Å². The van der Waals surface area contributed by atoms with Gasteiger partial charge in [-0.05, 0) is 56.4 Å². The lowest BCUT2D eigenvalue weighted by Crippen LogP contribution is -2.44. The van der Waals surface area contributed by atoms with E-state index in [2.05, 4.69) is 21.8 Å². The minimum atomic E-state index is -3.89. The van der Waals surface area contributed by atoms with Gasteiger partial charge in [-0.3, -0.25) is 4.79 Å². The van der Waals surface area contributed by atoms with E-state index in [1.807, 2.05) is 0 Å². The van der Waals surface area contributed by atoms with Crippen molar-refractivity contribution in [2.75, 3.05) is 56.7 Å². The Labute approximate surface area is 241 Å². The average molecular weight is 630 g/mol. The van der Waals surface area contributed by atoms with Crippen LogP contribution >= 0.6 is 22.9 Å². The third kappa shape index (κ3) is 7.27. The number of halogens is 1. The molecule has 2 aromatic carbocycles. The number of benzene rings is 2. The van der Waals surface area contributed by atoms with E-state index in [-0.39, 0.29) is 32.1 Å². The molecule has 0 aliphatic carbocycles. The number of amides is 3. The molecule has 1 fully saturated rings. The molecule has 1 aliphatic heterocycles. The zero-order chi connectivity index (χ0) is 29.2. The number of primary amides is 1. The van der Waals surface area contributed by atoms with Crippen molar-refractivity contribution in [3.05, 3.63) is 47.0 Å². The molecule has 0 saturated carbocycles. The Bertz CT molecular complexity index is 1650. The second-order valence-electron chi connectivity index (χ2n) is 9.35. The summed E-state index contributed by atoms with van der Waals surface area (Å²) in [6.07, 6.45) is 1.33. The first kappa shape index (κ1) is 30.1. The molecule has 0 bridgehead atoms. The van der Waals surface area contributed by atoms with Gasteiger partial charge in [0.2, 0.25) is 5.13 Å². The molecule has 216 valence electrons. The van der Waals surface area contributed by atoms with E-state index in [0.717, 1.165) is 49.8 Å². The van der Waals surface area contributed by atoms with Crippen LogP contribution in [0.4, 0.5) is 9.93 Å². The van der Waals surface area contributed by atoms with Crippen molar-refractivity contribution in [2.24, 2.45) is 5.73 Å². The van der Waals surface area contributed by atoms with Crippen LogP contribution < -0.4 is 14.8 Å². The standard InChI is InChI=1S/C24H28ClN5O7S3/c1-28-9-11-29(12-10-28)8-3-13-40(35,36)17-5-7-20-21(15-17)38-24(27-20)30(23(26)32)22(31)18-14-16(4-6-19(18)25)37-39(2,33)34/h4-7,14-15H,3,8-13H2,1-2H3,(H2,26,32). The molecule has 0 atom stereocenters. The number of fused-ring (bicyclic) bond motifs is 1. The molecule has 12 nitrogen and oxygen atoms in total. The molecule has 4 rings (SSSR count). The lowest BCUT2D eigenvalue weighted by molar-refractivity contribution is 0.0995. The molecule has 2 N–H and O–H groups in total. The Hall–Kier alpha value is -2.82. The molecule has 3 aromatic rings. The zero-order valence-electron chi connectivity index (χ0n) is 21.7. The maximum atomic E-state index is 13.3. The molecule has 0 unspecified atom stereocenters. The first-order valence-corrected chi connectivity index (χ1v) is 16.8. The Morgan fingerprint density at radius 1 is 1.10 bits per heavy atom. The number of urea groups is 1. The third-order valence-electron chi connectivity index (χ3n) is 6.22. The molecule has 1 aliphatic rings. The van der Waals surface area contributed by atoms with E-state index < -0.39 is 31.9 Å². The molecular formula is C24H28ClN5O7S3. The molecule has 16 heteroatoms. The van der Waals surface area contributed by atoms with E-state index in [1.54, 1.807) is 0 Å². The molecule has 40 heavy (non-hydrogen) atoms. The first-order chi connectivity index (χ1) is 18.7. The van der Waals surface area contributed by atoms with Gasteiger partial charge in [0.25, 0.3) is 5.91 Å². The van der Waals surface area contributed by atoms with Gasteiger partial charge in [-0.15, -0.1) is 0 Å². The van der Waals surface area contributed by atoms with Crippen molar-refractivity contribution in [2.45, 2.75) is 11.3 Å². The summed E-state index contributed by atoms with van der Waals surface area (Å²) < 4.78 is 54.3. The minimum Gasteiger partial charge on any atom is -0.383 e. The number of imide groups is 1. The smallest absolute Gasteiger partial charge is 0.328 e. The Morgan fingerprint density at radius 2 is 1.80 bits per heavy atom. The number of aromatic nitrogens is 1. The summed E-state index contributed by atoms with van der Waals surface area (Å²) in [4.78, 5) is 35.1. The van der Waals surface area contributed by atoms with Crippen LogP contribution in [0.5, 0.6) is 5.75 Å². The normalized spacial score (nSPS) is 15.3. The number of nitrogens with zero attached hydrogens (tertiary/aromatic N) is 4. The van der Waals surface area contributed by atoms with Gasteiger partial charge < -0.3 is 19.7 Å². The summed E-state index contributed by atoms with van der Waals surface area (Å²) in [5.74, 6) is -1.18. The Kier molecular flexibility index (Phi) is 9.02. The van der Waals surface area contributed by atoms with Gasteiger partial charge in [-0.1, -0.05) is 22.9 Å². The summed E-state index contributed by atoms with van der Waals surface area (Å²) >= 11 is 7.05. The van der Waals surface area contributed by atoms with Gasteiger partial charge in [-0.25, -0.2) is 23.1 Å². The molecule has 3 amide bonds. The number of nitrogens with two attached hydrogens (primary N) is 1. The van der Waals surface area contributed by atoms with Crippen molar-refractivity contribution in [3.63, 3.8) is 0 Å². The lowest BCUT2D eigenvalue weighted by Gasteiger charge is -2.32. The van der Waals surface area contributed by atoms with E-state index >= 15 is 0 Å². The summed E-state index contributed by atoms with van der Waals surface area (Å²) in [5, 5.41) is -0.189. The van der Waals surface area contributed by atoms with Gasteiger partial charge in [0.1, 0.15) is 5.75 Å². The molecule has 1 saturated heterocycles. The topological polar surface area (TPSA) is 160 Å². The van der Waals surface area contributed by atoms with Gasteiger partial charge in [0.05, 0.1) is 37.7 Å². The quantitative estimate of drug-likeness (QED) is 0.348. The van der Waals surface area contributed by atoms with Gasteiger partial charge in [0.15, 0.2) is 9.84 Å². The van der Waals surface area contributed by atoms with Gasteiger partial charge >= 0.3 is 16.1 Å². The number of carbonyl (C=O) groups excluding carboxylic acids is 2. The number of rotatable bonds is 9. The fourth-order valence-electron chi connectivity index (χ4n) is 4.15. The summed E-state index contributed by atoms with van der Waals surface area (Å²) in [6, 6.07) is 6.80. The molecule has 0 radical (unpaired) electrons. The summed E-state index contributed by atoms with van der Waals surface area (Å²) in [5.41, 5.74) is 5.61. The van der Waals surface area contributed by atoms with Gasteiger partial charge in [0, 0.05) is 26.2 Å². The van der Waals surface area contributed by atoms with Crippen LogP contribution in [-0.2, 0) is 20.0 Å². The Balaban J connectivity index is 1.55. The maximum absolute atomic E-state index is 13.3. The maximum Gasteiger partial charge on any atom is 0.328 e. The SMILES string of the molecule is CN1CCN(CCCS(=O)(=O)c2ccc3nc(N(C(N)=O)C(=O)c4cc(OS(C)(=O)=O)ccc4Cl)sc3c2)CC1. The van der Waals surface area contributed by atoms with Crippen LogP contribution in [0.15, 0.2) is 41.3 Å². The van der Waals surface area contributed by atoms with Crippen LogP contribution in [-0.4, -0.2) is 95.3 Å². The highest BCUT2D eigenvalue weighted by Gasteiger charge is 2.29. The number of anilines is 1. The molecule has 1 aromatic heterocycles. The largest absolute Gasteiger partial charge is 0.383 e. The number of carbonyl (C=O) groups is 2. The van der Waals surface area contributed by atoms with Crippen LogP contribution in [0.1, 0.15) is 16.8 Å². The van der Waals surface area contributed by atoms with Crippen molar-refractivity contribution in [1.29, 1.82) is 0 Å². The number of hydrogen-bond acceptors (Lipinski definition) is 11. The predicted molar refractivity (Wildman–Crippen MR) is 154 cm³/mol. The summed E-state index contributed by atoms with van der Waals surface area (Å²) in [7, 11) is -5.42. The van der Waals surface area contributed by atoms with Crippen LogP contribution in [0.2, 0.25) is 5.02 Å². The number of piperazine rings is 1. The lowest BCUT2D eigenvalue weighted by atomic mass is 10.2.